The molecule has 100 valence electrons. The van der Waals surface area contributed by atoms with E-state index in [1.165, 1.54) is 13.0 Å². The summed E-state index contributed by atoms with van der Waals surface area (Å²) in [7, 11) is 0. The molecule has 0 aliphatic carbocycles. The first kappa shape index (κ1) is 13.8. The van der Waals surface area contributed by atoms with Gasteiger partial charge in [0.1, 0.15) is 5.58 Å². The van der Waals surface area contributed by atoms with E-state index in [2.05, 4.69) is 15.9 Å². The zero-order chi connectivity index (χ0) is 14.0. The highest BCUT2D eigenvalue weighted by Gasteiger charge is 2.13. The number of fused-ring (bicyclic) bond motifs is 1. The highest BCUT2D eigenvalue weighted by molar-refractivity contribution is 9.10. The predicted octanol–water partition coefficient (Wildman–Crippen LogP) is 2.55. The van der Waals surface area contributed by atoms with Crippen molar-refractivity contribution in [1.82, 2.24) is 0 Å². The summed E-state index contributed by atoms with van der Waals surface area (Å²) in [5, 5.41) is 9.48. The van der Waals surface area contributed by atoms with E-state index in [1.807, 2.05) is 6.07 Å². The van der Waals surface area contributed by atoms with E-state index >= 15 is 0 Å². The van der Waals surface area contributed by atoms with Gasteiger partial charge in [0.2, 0.25) is 0 Å². The molecular formula is C13H11BrO5. The smallest absolute Gasteiger partial charge is 0.336 e. The Bertz CT molecular complexity index is 676. The summed E-state index contributed by atoms with van der Waals surface area (Å²) in [4.78, 5) is 22.1. The molecular weight excluding hydrogens is 316 g/mol. The summed E-state index contributed by atoms with van der Waals surface area (Å²) in [6.07, 6.45) is -0.933. The maximum atomic E-state index is 11.4. The van der Waals surface area contributed by atoms with E-state index in [-0.39, 0.29) is 6.61 Å². The van der Waals surface area contributed by atoms with Gasteiger partial charge in [-0.05, 0) is 30.7 Å². The van der Waals surface area contributed by atoms with Gasteiger partial charge < -0.3 is 14.3 Å². The van der Waals surface area contributed by atoms with Crippen LogP contribution < -0.4 is 5.63 Å². The molecule has 0 bridgehead atoms. The third kappa shape index (κ3) is 3.21. The van der Waals surface area contributed by atoms with Crippen LogP contribution in [0.4, 0.5) is 0 Å². The van der Waals surface area contributed by atoms with Crippen molar-refractivity contribution in [1.29, 1.82) is 0 Å². The lowest BCUT2D eigenvalue weighted by Crippen LogP contribution is -2.19. The molecule has 0 aliphatic heterocycles. The molecule has 0 amide bonds. The lowest BCUT2D eigenvalue weighted by atomic mass is 10.1. The Hall–Kier alpha value is -1.66. The van der Waals surface area contributed by atoms with E-state index in [4.69, 9.17) is 14.3 Å². The second-order valence-electron chi connectivity index (χ2n) is 4.02. The fourth-order valence-electron chi connectivity index (χ4n) is 1.61. The SMILES string of the molecule is C[C@H](OCc1cc(=O)oc2cc(Br)ccc12)C(=O)O. The van der Waals surface area contributed by atoms with Crippen LogP contribution in [0.3, 0.4) is 0 Å². The Morgan fingerprint density at radius 2 is 2.21 bits per heavy atom. The van der Waals surface area contributed by atoms with Crippen molar-refractivity contribution in [3.8, 4) is 0 Å². The fourth-order valence-corrected chi connectivity index (χ4v) is 1.95. The Labute approximate surface area is 116 Å². The van der Waals surface area contributed by atoms with Gasteiger partial charge in [0.15, 0.2) is 6.10 Å². The molecule has 0 saturated heterocycles. The standard InChI is InChI=1S/C13H11BrO5/c1-7(13(16)17)18-6-8-4-12(15)19-11-5-9(14)2-3-10(8)11/h2-5,7H,6H2,1H3,(H,16,17)/t7-/m0/s1. The third-order valence-corrected chi connectivity index (χ3v) is 3.12. The molecule has 1 atom stereocenters. The van der Waals surface area contributed by atoms with Crippen LogP contribution in [0.15, 0.2) is 37.9 Å². The fraction of sp³-hybridized carbons (Fsp3) is 0.231. The molecule has 1 heterocycles. The number of aliphatic carboxylic acids is 1. The minimum absolute atomic E-state index is 0.0389. The van der Waals surface area contributed by atoms with Crippen LogP contribution in [0.5, 0.6) is 0 Å². The van der Waals surface area contributed by atoms with E-state index in [0.29, 0.717) is 11.1 Å². The summed E-state index contributed by atoms with van der Waals surface area (Å²) >= 11 is 3.29. The molecule has 1 N–H and O–H groups in total. The van der Waals surface area contributed by atoms with Gasteiger partial charge in [-0.3, -0.25) is 0 Å². The minimum atomic E-state index is -1.05. The molecule has 0 saturated carbocycles. The second-order valence-corrected chi connectivity index (χ2v) is 4.94. The number of hydrogen-bond donors (Lipinski definition) is 1. The largest absolute Gasteiger partial charge is 0.479 e. The Kier molecular flexibility index (Phi) is 4.01. The molecule has 0 fully saturated rings. The monoisotopic (exact) mass is 326 g/mol. The number of rotatable bonds is 4. The summed E-state index contributed by atoms with van der Waals surface area (Å²) in [5.41, 5.74) is 0.544. The lowest BCUT2D eigenvalue weighted by Gasteiger charge is -2.09. The maximum absolute atomic E-state index is 11.4. The van der Waals surface area contributed by atoms with Crippen molar-refractivity contribution in [2.75, 3.05) is 0 Å². The molecule has 19 heavy (non-hydrogen) atoms. The summed E-state index contributed by atoms with van der Waals surface area (Å²) < 4.78 is 11.1. The zero-order valence-corrected chi connectivity index (χ0v) is 11.6. The topological polar surface area (TPSA) is 76.7 Å². The van der Waals surface area contributed by atoms with E-state index in [9.17, 15) is 9.59 Å². The first-order chi connectivity index (χ1) is 8.97. The van der Waals surface area contributed by atoms with Crippen LogP contribution in [0.25, 0.3) is 11.0 Å². The molecule has 2 rings (SSSR count). The van der Waals surface area contributed by atoms with Crippen molar-refractivity contribution in [3.63, 3.8) is 0 Å². The Balaban J connectivity index is 2.37. The number of halogens is 1. The second kappa shape index (κ2) is 5.54. The van der Waals surface area contributed by atoms with Crippen LogP contribution in [0.1, 0.15) is 12.5 Å². The number of carboxylic acids is 1. The molecule has 1 aromatic heterocycles. The van der Waals surface area contributed by atoms with E-state index in [1.54, 1.807) is 12.1 Å². The van der Waals surface area contributed by atoms with Crippen molar-refractivity contribution >= 4 is 32.9 Å². The first-order valence-electron chi connectivity index (χ1n) is 5.54. The molecule has 6 heteroatoms. The van der Waals surface area contributed by atoms with Crippen LogP contribution >= 0.6 is 15.9 Å². The number of ether oxygens (including phenoxy) is 1. The van der Waals surface area contributed by atoms with Crippen LogP contribution in [-0.2, 0) is 16.1 Å². The third-order valence-electron chi connectivity index (χ3n) is 2.63. The Morgan fingerprint density at radius 1 is 1.47 bits per heavy atom. The zero-order valence-electron chi connectivity index (χ0n) is 10.1. The molecule has 5 nitrogen and oxygen atoms in total. The van der Waals surface area contributed by atoms with Gasteiger partial charge in [0.05, 0.1) is 6.61 Å². The highest BCUT2D eigenvalue weighted by Crippen LogP contribution is 2.22. The quantitative estimate of drug-likeness (QED) is 0.874. The molecule has 2 aromatic rings. The van der Waals surface area contributed by atoms with Gasteiger partial charge in [-0.2, -0.15) is 0 Å². The maximum Gasteiger partial charge on any atom is 0.336 e. The number of benzene rings is 1. The van der Waals surface area contributed by atoms with Crippen molar-refractivity contribution in [2.24, 2.45) is 0 Å². The average molecular weight is 327 g/mol. The van der Waals surface area contributed by atoms with E-state index in [0.717, 1.165) is 9.86 Å². The average Bonchev–Trinajstić information content (AvgIpc) is 2.34. The van der Waals surface area contributed by atoms with Gasteiger partial charge in [0, 0.05) is 15.9 Å². The number of carbonyl (C=O) groups is 1. The first-order valence-corrected chi connectivity index (χ1v) is 6.33. The molecule has 0 unspecified atom stereocenters. The van der Waals surface area contributed by atoms with Crippen molar-refractivity contribution < 1.29 is 19.1 Å². The van der Waals surface area contributed by atoms with Crippen LogP contribution in [0, 0.1) is 0 Å². The van der Waals surface area contributed by atoms with Gasteiger partial charge in [-0.15, -0.1) is 0 Å². The molecule has 0 aliphatic rings. The van der Waals surface area contributed by atoms with Crippen molar-refractivity contribution in [3.05, 3.63) is 44.7 Å². The van der Waals surface area contributed by atoms with E-state index < -0.39 is 17.7 Å². The van der Waals surface area contributed by atoms with Gasteiger partial charge in [-0.25, -0.2) is 9.59 Å². The van der Waals surface area contributed by atoms with Gasteiger partial charge in [0.25, 0.3) is 0 Å². The molecule has 0 spiro atoms. The molecule has 0 radical (unpaired) electrons. The highest BCUT2D eigenvalue weighted by atomic mass is 79.9. The minimum Gasteiger partial charge on any atom is -0.479 e. The summed E-state index contributed by atoms with van der Waals surface area (Å²) in [6, 6.07) is 6.59. The summed E-state index contributed by atoms with van der Waals surface area (Å²) in [6.45, 7) is 1.48. The van der Waals surface area contributed by atoms with Crippen LogP contribution in [-0.4, -0.2) is 17.2 Å². The lowest BCUT2D eigenvalue weighted by molar-refractivity contribution is -0.149. The number of hydrogen-bond acceptors (Lipinski definition) is 4. The number of carboxylic acid groups (broad SMARTS) is 1. The molecule has 1 aromatic carbocycles. The Morgan fingerprint density at radius 3 is 2.89 bits per heavy atom. The summed E-state index contributed by atoms with van der Waals surface area (Å²) in [5.74, 6) is -1.05. The van der Waals surface area contributed by atoms with Gasteiger partial charge in [-0.1, -0.05) is 15.9 Å². The van der Waals surface area contributed by atoms with Crippen molar-refractivity contribution in [2.45, 2.75) is 19.6 Å². The van der Waals surface area contributed by atoms with Gasteiger partial charge >= 0.3 is 11.6 Å². The predicted molar refractivity (Wildman–Crippen MR) is 72.1 cm³/mol. The van der Waals surface area contributed by atoms with Crippen LogP contribution in [0.2, 0.25) is 0 Å². The normalized spacial score (nSPS) is 12.5.